The molecule has 1 amide bonds. The maximum absolute atomic E-state index is 12.4. The van der Waals surface area contributed by atoms with Crippen LogP contribution in [-0.2, 0) is 11.8 Å². The molecule has 1 unspecified atom stereocenters. The van der Waals surface area contributed by atoms with Gasteiger partial charge < -0.3 is 15.5 Å². The SMILES string of the molecule is Cn1c2c(c(O)c(C(=O)NCC(=O)O)c1=O)C(C(C)(C)C)CC=N2. The van der Waals surface area contributed by atoms with Crippen LogP contribution in [0.15, 0.2) is 9.79 Å². The Hall–Kier alpha value is -2.64. The fraction of sp³-hybridized carbons (Fsp3) is 0.500. The highest BCUT2D eigenvalue weighted by Crippen LogP contribution is 2.47. The van der Waals surface area contributed by atoms with E-state index in [9.17, 15) is 19.5 Å². The van der Waals surface area contributed by atoms with Crippen molar-refractivity contribution in [1.29, 1.82) is 0 Å². The molecule has 2 heterocycles. The molecule has 1 aromatic rings. The Labute approximate surface area is 138 Å². The molecule has 1 atom stereocenters. The van der Waals surface area contributed by atoms with Gasteiger partial charge in [0.2, 0.25) is 0 Å². The Bertz CT molecular complexity index is 786. The van der Waals surface area contributed by atoms with Crippen LogP contribution in [0.25, 0.3) is 0 Å². The minimum Gasteiger partial charge on any atom is -0.506 e. The van der Waals surface area contributed by atoms with Crippen LogP contribution in [0.2, 0.25) is 0 Å². The van der Waals surface area contributed by atoms with Gasteiger partial charge in [-0.25, -0.2) is 4.99 Å². The third kappa shape index (κ3) is 3.04. The number of amides is 1. The third-order valence-corrected chi connectivity index (χ3v) is 4.14. The van der Waals surface area contributed by atoms with Crippen molar-refractivity contribution in [3.8, 4) is 5.75 Å². The quantitative estimate of drug-likeness (QED) is 0.765. The lowest BCUT2D eigenvalue weighted by molar-refractivity contribution is -0.135. The first kappa shape index (κ1) is 17.7. The highest BCUT2D eigenvalue weighted by Gasteiger charge is 2.36. The lowest BCUT2D eigenvalue weighted by atomic mass is 9.73. The lowest BCUT2D eigenvalue weighted by Gasteiger charge is -2.34. The number of fused-ring (bicyclic) bond motifs is 1. The van der Waals surface area contributed by atoms with E-state index in [0.29, 0.717) is 17.8 Å². The average molecular weight is 335 g/mol. The van der Waals surface area contributed by atoms with E-state index in [1.807, 2.05) is 20.8 Å². The van der Waals surface area contributed by atoms with E-state index in [1.165, 1.54) is 11.6 Å². The minimum atomic E-state index is -1.24. The van der Waals surface area contributed by atoms with Crippen LogP contribution in [-0.4, -0.2) is 39.4 Å². The number of pyridine rings is 1. The number of aliphatic carboxylic acids is 1. The van der Waals surface area contributed by atoms with Crippen molar-refractivity contribution >= 4 is 23.9 Å². The van der Waals surface area contributed by atoms with Crippen LogP contribution in [0, 0.1) is 5.41 Å². The molecule has 0 aromatic carbocycles. The Kier molecular flexibility index (Phi) is 4.50. The summed E-state index contributed by atoms with van der Waals surface area (Å²) in [6.07, 6.45) is 2.26. The molecule has 0 bridgehead atoms. The number of rotatable bonds is 3. The number of hydrogen-bond donors (Lipinski definition) is 3. The Morgan fingerprint density at radius 2 is 2.04 bits per heavy atom. The highest BCUT2D eigenvalue weighted by atomic mass is 16.4. The van der Waals surface area contributed by atoms with Crippen LogP contribution >= 0.6 is 0 Å². The Morgan fingerprint density at radius 3 is 2.58 bits per heavy atom. The predicted octanol–water partition coefficient (Wildman–Crippen LogP) is 1.14. The number of carboxylic acid groups (broad SMARTS) is 1. The molecule has 0 fully saturated rings. The van der Waals surface area contributed by atoms with E-state index in [0.717, 1.165) is 0 Å². The summed E-state index contributed by atoms with van der Waals surface area (Å²) >= 11 is 0. The van der Waals surface area contributed by atoms with E-state index in [2.05, 4.69) is 10.3 Å². The van der Waals surface area contributed by atoms with Crippen molar-refractivity contribution in [3.63, 3.8) is 0 Å². The van der Waals surface area contributed by atoms with Gasteiger partial charge in [0.15, 0.2) is 0 Å². The van der Waals surface area contributed by atoms with Gasteiger partial charge in [-0.15, -0.1) is 0 Å². The Morgan fingerprint density at radius 1 is 1.42 bits per heavy atom. The summed E-state index contributed by atoms with van der Waals surface area (Å²) in [7, 11) is 1.47. The molecule has 0 spiro atoms. The second kappa shape index (κ2) is 6.10. The number of aromatic nitrogens is 1. The first-order valence-electron chi connectivity index (χ1n) is 7.54. The molecule has 0 radical (unpaired) electrons. The number of nitrogens with one attached hydrogen (secondary N) is 1. The van der Waals surface area contributed by atoms with Gasteiger partial charge in [0, 0.05) is 24.7 Å². The van der Waals surface area contributed by atoms with E-state index in [-0.39, 0.29) is 11.3 Å². The van der Waals surface area contributed by atoms with Gasteiger partial charge in [0.05, 0.1) is 0 Å². The number of carboxylic acids is 1. The average Bonchev–Trinajstić information content (AvgIpc) is 2.49. The van der Waals surface area contributed by atoms with Crippen LogP contribution in [0.4, 0.5) is 5.82 Å². The smallest absolute Gasteiger partial charge is 0.322 e. The number of aliphatic imine (C=N–C) groups is 1. The number of hydrogen-bond acceptors (Lipinski definition) is 5. The van der Waals surface area contributed by atoms with E-state index >= 15 is 0 Å². The molecule has 1 aromatic heterocycles. The zero-order valence-corrected chi connectivity index (χ0v) is 14.1. The van der Waals surface area contributed by atoms with Gasteiger partial charge in [-0.05, 0) is 11.8 Å². The van der Waals surface area contributed by atoms with Gasteiger partial charge >= 0.3 is 5.97 Å². The van der Waals surface area contributed by atoms with Gasteiger partial charge in [-0.1, -0.05) is 20.8 Å². The summed E-state index contributed by atoms with van der Waals surface area (Å²) in [5.41, 5.74) is -0.970. The molecule has 0 aliphatic carbocycles. The molecule has 3 N–H and O–H groups in total. The maximum atomic E-state index is 12.4. The van der Waals surface area contributed by atoms with Gasteiger partial charge in [0.1, 0.15) is 23.7 Å². The second-order valence-corrected chi connectivity index (χ2v) is 6.87. The van der Waals surface area contributed by atoms with Crippen molar-refractivity contribution in [1.82, 2.24) is 9.88 Å². The fourth-order valence-corrected chi connectivity index (χ4v) is 2.86. The molecule has 130 valence electrons. The predicted molar refractivity (Wildman–Crippen MR) is 88.3 cm³/mol. The van der Waals surface area contributed by atoms with E-state index in [1.54, 1.807) is 6.21 Å². The fourth-order valence-electron chi connectivity index (χ4n) is 2.86. The molecule has 24 heavy (non-hydrogen) atoms. The van der Waals surface area contributed by atoms with Gasteiger partial charge in [0.25, 0.3) is 11.5 Å². The van der Waals surface area contributed by atoms with Crippen molar-refractivity contribution in [2.24, 2.45) is 17.5 Å². The molecule has 8 heteroatoms. The van der Waals surface area contributed by atoms with Crippen LogP contribution in [0.3, 0.4) is 0 Å². The standard InChI is InChI=1S/C16H21N3O5/c1-16(2,3)8-5-6-17-13-10(8)12(22)11(15(24)19(13)4)14(23)18-7-9(20)21/h6,8,22H,5,7H2,1-4H3,(H,18,23)(H,20,21). The van der Waals surface area contributed by atoms with Crippen molar-refractivity contribution in [2.45, 2.75) is 33.1 Å². The maximum Gasteiger partial charge on any atom is 0.322 e. The molecule has 0 saturated heterocycles. The Balaban J connectivity index is 2.66. The normalized spacial score (nSPS) is 16.6. The van der Waals surface area contributed by atoms with E-state index < -0.39 is 35.3 Å². The summed E-state index contributed by atoms with van der Waals surface area (Å²) in [6.45, 7) is 5.35. The van der Waals surface area contributed by atoms with Gasteiger partial charge in [-0.2, -0.15) is 0 Å². The van der Waals surface area contributed by atoms with E-state index in [4.69, 9.17) is 5.11 Å². The number of nitrogens with zero attached hydrogens (tertiary/aromatic N) is 2. The summed E-state index contributed by atoms with van der Waals surface area (Å²) < 4.78 is 1.21. The zero-order chi connectivity index (χ0) is 18.2. The number of carbonyl (C=O) groups is 2. The van der Waals surface area contributed by atoms with Crippen molar-refractivity contribution in [2.75, 3.05) is 6.54 Å². The lowest BCUT2D eigenvalue weighted by Crippen LogP contribution is -2.36. The summed E-state index contributed by atoms with van der Waals surface area (Å²) in [5, 5.41) is 21.4. The van der Waals surface area contributed by atoms with Crippen LogP contribution in [0.1, 0.15) is 49.0 Å². The first-order chi connectivity index (χ1) is 11.1. The summed E-state index contributed by atoms with van der Waals surface area (Å²) in [5.74, 6) is -2.40. The first-order valence-corrected chi connectivity index (χ1v) is 7.54. The highest BCUT2D eigenvalue weighted by molar-refractivity contribution is 5.99. The van der Waals surface area contributed by atoms with Crippen molar-refractivity contribution in [3.05, 3.63) is 21.5 Å². The molecular weight excluding hydrogens is 314 g/mol. The largest absolute Gasteiger partial charge is 0.506 e. The minimum absolute atomic E-state index is 0.136. The second-order valence-electron chi connectivity index (χ2n) is 6.87. The van der Waals surface area contributed by atoms with Gasteiger partial charge in [-0.3, -0.25) is 19.0 Å². The summed E-state index contributed by atoms with van der Waals surface area (Å²) in [6, 6.07) is 0. The van der Waals surface area contributed by atoms with Crippen LogP contribution < -0.4 is 10.9 Å². The van der Waals surface area contributed by atoms with Crippen molar-refractivity contribution < 1.29 is 19.8 Å². The molecule has 0 saturated carbocycles. The number of carbonyl (C=O) groups excluding carboxylic acids is 1. The van der Waals surface area contributed by atoms with Crippen LogP contribution in [0.5, 0.6) is 5.75 Å². The molecule has 1 aliphatic rings. The summed E-state index contributed by atoms with van der Waals surface area (Å²) in [4.78, 5) is 39.4. The number of aromatic hydroxyl groups is 1. The molecular formula is C16H21N3O5. The zero-order valence-electron chi connectivity index (χ0n) is 14.1. The topological polar surface area (TPSA) is 121 Å². The molecule has 8 nitrogen and oxygen atoms in total. The molecule has 1 aliphatic heterocycles. The molecule has 2 rings (SSSR count). The monoisotopic (exact) mass is 335 g/mol. The third-order valence-electron chi connectivity index (χ3n) is 4.14.